The maximum Gasteiger partial charge on any atom is 0.316 e. The first-order valence-corrected chi connectivity index (χ1v) is 10.7. The van der Waals surface area contributed by atoms with Crippen LogP contribution in [0.15, 0.2) is 24.3 Å². The number of ether oxygens (including phenoxy) is 2. The average Bonchev–Trinajstić information content (AvgIpc) is 2.69. The van der Waals surface area contributed by atoms with Crippen LogP contribution in [0, 0.1) is 5.92 Å². The topological polar surface area (TPSA) is 101 Å². The SMILES string of the molecule is CCCCOCCNC(=O)NC1(NC(=O)NCCOCCCC)C=CC=CC1C. The molecule has 1 unspecified atom stereocenters. The third-order valence-electron chi connectivity index (χ3n) is 4.58. The van der Waals surface area contributed by atoms with E-state index in [1.54, 1.807) is 6.08 Å². The molecule has 0 aromatic heterocycles. The first-order chi connectivity index (χ1) is 14.0. The van der Waals surface area contributed by atoms with Crippen LogP contribution >= 0.6 is 0 Å². The minimum absolute atomic E-state index is 0.120. The van der Waals surface area contributed by atoms with E-state index in [0.717, 1.165) is 25.7 Å². The summed E-state index contributed by atoms with van der Waals surface area (Å²) in [6.45, 7) is 9.24. The van der Waals surface area contributed by atoms with Crippen LogP contribution in [0.3, 0.4) is 0 Å². The number of allylic oxidation sites excluding steroid dienone is 2. The molecule has 0 bridgehead atoms. The maximum atomic E-state index is 12.4. The Morgan fingerprint density at radius 1 is 0.862 bits per heavy atom. The summed E-state index contributed by atoms with van der Waals surface area (Å²) in [5, 5.41) is 11.3. The predicted molar refractivity (Wildman–Crippen MR) is 115 cm³/mol. The number of urea groups is 2. The van der Waals surface area contributed by atoms with Crippen LogP contribution in [0.2, 0.25) is 0 Å². The van der Waals surface area contributed by atoms with Crippen molar-refractivity contribution in [1.29, 1.82) is 0 Å². The molecule has 0 fully saturated rings. The van der Waals surface area contributed by atoms with Gasteiger partial charge in [0.1, 0.15) is 5.66 Å². The summed E-state index contributed by atoms with van der Waals surface area (Å²) in [4.78, 5) is 24.7. The zero-order valence-corrected chi connectivity index (χ0v) is 18.1. The van der Waals surface area contributed by atoms with Crippen LogP contribution in [0.4, 0.5) is 9.59 Å². The highest BCUT2D eigenvalue weighted by molar-refractivity contribution is 5.79. The van der Waals surface area contributed by atoms with E-state index in [0.29, 0.717) is 39.5 Å². The second-order valence-corrected chi connectivity index (χ2v) is 7.10. The summed E-state index contributed by atoms with van der Waals surface area (Å²) < 4.78 is 10.9. The molecule has 0 radical (unpaired) electrons. The number of unbranched alkanes of at least 4 members (excludes halogenated alkanes) is 2. The quantitative estimate of drug-likeness (QED) is 0.261. The lowest BCUT2D eigenvalue weighted by Gasteiger charge is -2.38. The van der Waals surface area contributed by atoms with Gasteiger partial charge in [0.05, 0.1) is 13.2 Å². The Kier molecular flexibility index (Phi) is 12.8. The Balaban J connectivity index is 2.46. The highest BCUT2D eigenvalue weighted by Crippen LogP contribution is 2.21. The van der Waals surface area contributed by atoms with Crippen molar-refractivity contribution < 1.29 is 19.1 Å². The van der Waals surface area contributed by atoms with E-state index in [2.05, 4.69) is 35.1 Å². The van der Waals surface area contributed by atoms with Crippen molar-refractivity contribution in [3.05, 3.63) is 24.3 Å². The van der Waals surface area contributed by atoms with Crippen molar-refractivity contribution in [2.24, 2.45) is 5.92 Å². The Labute approximate surface area is 174 Å². The number of carbonyl (C=O) groups excluding carboxylic acids is 2. The number of hydrogen-bond donors (Lipinski definition) is 4. The van der Waals surface area contributed by atoms with Gasteiger partial charge >= 0.3 is 12.1 Å². The summed E-state index contributed by atoms with van der Waals surface area (Å²) in [6.07, 6.45) is 11.6. The van der Waals surface area contributed by atoms with Gasteiger partial charge < -0.3 is 30.7 Å². The highest BCUT2D eigenvalue weighted by atomic mass is 16.5. The number of amides is 4. The van der Waals surface area contributed by atoms with Crippen molar-refractivity contribution >= 4 is 12.1 Å². The number of rotatable bonds is 14. The minimum atomic E-state index is -1.00. The van der Waals surface area contributed by atoms with Crippen LogP contribution in [-0.4, -0.2) is 57.2 Å². The first kappa shape index (κ1) is 25.0. The zero-order valence-electron chi connectivity index (χ0n) is 18.1. The fourth-order valence-electron chi connectivity index (χ4n) is 2.72. The molecular weight excluding hydrogens is 372 g/mol. The highest BCUT2D eigenvalue weighted by Gasteiger charge is 2.36. The lowest BCUT2D eigenvalue weighted by molar-refractivity contribution is 0.131. The molecule has 166 valence electrons. The molecule has 0 heterocycles. The van der Waals surface area contributed by atoms with Crippen LogP contribution in [0.25, 0.3) is 0 Å². The van der Waals surface area contributed by atoms with Gasteiger partial charge in [0.2, 0.25) is 0 Å². The number of nitrogens with one attached hydrogen (secondary N) is 4. The molecule has 0 aromatic carbocycles. The van der Waals surface area contributed by atoms with E-state index in [4.69, 9.17) is 9.47 Å². The molecule has 0 aliphatic heterocycles. The normalized spacial score (nSPS) is 17.0. The molecule has 8 nitrogen and oxygen atoms in total. The molecule has 0 spiro atoms. The van der Waals surface area contributed by atoms with Gasteiger partial charge in [-0.05, 0) is 18.9 Å². The van der Waals surface area contributed by atoms with Crippen LogP contribution in [0.1, 0.15) is 46.5 Å². The third-order valence-corrected chi connectivity index (χ3v) is 4.58. The van der Waals surface area contributed by atoms with Gasteiger partial charge in [0.25, 0.3) is 0 Å². The fourth-order valence-corrected chi connectivity index (χ4v) is 2.72. The Morgan fingerprint density at radius 2 is 1.38 bits per heavy atom. The Hall–Kier alpha value is -2.06. The standard InChI is InChI=1S/C21H38N4O4/c1-4-6-14-28-16-12-22-19(26)24-21(11-9-8-10-18(21)3)25-20(27)23-13-17-29-15-7-5-2/h8-11,18H,4-7,12-17H2,1-3H3,(H2,22,24,26)(H2,23,25,27). The molecule has 8 heteroatoms. The lowest BCUT2D eigenvalue weighted by Crippen LogP contribution is -2.66. The first-order valence-electron chi connectivity index (χ1n) is 10.7. The van der Waals surface area contributed by atoms with E-state index in [1.165, 1.54) is 0 Å². The van der Waals surface area contributed by atoms with Crippen molar-refractivity contribution in [1.82, 2.24) is 21.3 Å². The molecule has 0 aromatic rings. The molecule has 1 aliphatic rings. The summed E-state index contributed by atoms with van der Waals surface area (Å²) in [7, 11) is 0. The molecule has 4 amide bonds. The number of hydrogen-bond acceptors (Lipinski definition) is 4. The molecule has 0 saturated heterocycles. The Morgan fingerprint density at radius 3 is 1.83 bits per heavy atom. The van der Waals surface area contributed by atoms with Gasteiger partial charge in [0.15, 0.2) is 0 Å². The van der Waals surface area contributed by atoms with E-state index in [9.17, 15) is 9.59 Å². The van der Waals surface area contributed by atoms with Crippen molar-refractivity contribution in [2.45, 2.75) is 52.1 Å². The fraction of sp³-hybridized carbons (Fsp3) is 0.714. The van der Waals surface area contributed by atoms with Gasteiger partial charge in [-0.25, -0.2) is 9.59 Å². The van der Waals surface area contributed by atoms with Crippen LogP contribution in [0.5, 0.6) is 0 Å². The summed E-state index contributed by atoms with van der Waals surface area (Å²) in [6, 6.07) is -0.724. The van der Waals surface area contributed by atoms with E-state index in [-0.39, 0.29) is 18.0 Å². The molecular formula is C21H38N4O4. The van der Waals surface area contributed by atoms with E-state index < -0.39 is 5.66 Å². The van der Waals surface area contributed by atoms with Crippen molar-refractivity contribution in [2.75, 3.05) is 39.5 Å². The largest absolute Gasteiger partial charge is 0.380 e. The van der Waals surface area contributed by atoms with Crippen molar-refractivity contribution in [3.63, 3.8) is 0 Å². The zero-order chi connectivity index (χ0) is 21.4. The minimum Gasteiger partial charge on any atom is -0.380 e. The van der Waals surface area contributed by atoms with Gasteiger partial charge in [-0.15, -0.1) is 0 Å². The summed E-state index contributed by atoms with van der Waals surface area (Å²) >= 11 is 0. The van der Waals surface area contributed by atoms with Crippen LogP contribution < -0.4 is 21.3 Å². The second kappa shape index (κ2) is 14.9. The summed E-state index contributed by atoms with van der Waals surface area (Å²) in [5.41, 5.74) is -1.00. The molecule has 1 atom stereocenters. The van der Waals surface area contributed by atoms with Gasteiger partial charge in [-0.2, -0.15) is 0 Å². The van der Waals surface area contributed by atoms with Gasteiger partial charge in [-0.3, -0.25) is 0 Å². The monoisotopic (exact) mass is 410 g/mol. The molecule has 0 saturated carbocycles. The smallest absolute Gasteiger partial charge is 0.316 e. The second-order valence-electron chi connectivity index (χ2n) is 7.10. The third kappa shape index (κ3) is 10.3. The summed E-state index contributed by atoms with van der Waals surface area (Å²) in [5.74, 6) is -0.120. The predicted octanol–water partition coefficient (Wildman–Crippen LogP) is 2.68. The maximum absolute atomic E-state index is 12.4. The lowest BCUT2D eigenvalue weighted by atomic mass is 9.89. The van der Waals surface area contributed by atoms with E-state index in [1.807, 2.05) is 25.2 Å². The van der Waals surface area contributed by atoms with E-state index >= 15 is 0 Å². The molecule has 1 aliphatic carbocycles. The molecule has 29 heavy (non-hydrogen) atoms. The van der Waals surface area contributed by atoms with Crippen LogP contribution in [-0.2, 0) is 9.47 Å². The molecule has 1 rings (SSSR count). The van der Waals surface area contributed by atoms with Gasteiger partial charge in [-0.1, -0.05) is 51.8 Å². The Bertz CT molecular complexity index is 507. The average molecular weight is 411 g/mol. The number of carbonyl (C=O) groups is 2. The van der Waals surface area contributed by atoms with Gasteiger partial charge in [0, 0.05) is 32.2 Å². The molecule has 4 N–H and O–H groups in total. The van der Waals surface area contributed by atoms with Crippen molar-refractivity contribution in [3.8, 4) is 0 Å².